The van der Waals surface area contributed by atoms with E-state index in [9.17, 15) is 0 Å². The van der Waals surface area contributed by atoms with Crippen LogP contribution >= 0.6 is 0 Å². The molecule has 1 aromatic rings. The minimum atomic E-state index is 1.16. The molecule has 1 rings (SSSR count). The lowest BCUT2D eigenvalue weighted by molar-refractivity contribution is 1.13. The lowest BCUT2D eigenvalue weighted by atomic mass is 10.1. The fourth-order valence-corrected chi connectivity index (χ4v) is 0.909. The summed E-state index contributed by atoms with van der Waals surface area (Å²) in [5.41, 5.74) is 2.38. The van der Waals surface area contributed by atoms with Gasteiger partial charge in [0, 0.05) is 38.4 Å². The van der Waals surface area contributed by atoms with Crippen molar-refractivity contribution in [3.8, 4) is 0 Å². The van der Waals surface area contributed by atoms with Gasteiger partial charge in [-0.15, -0.1) is 6.42 Å². The molecule has 0 saturated heterocycles. The molecular formula is C10H13N. The van der Waals surface area contributed by atoms with E-state index in [4.69, 9.17) is 0 Å². The van der Waals surface area contributed by atoms with Crippen LogP contribution in [-0.4, -0.2) is 14.1 Å². The molecule has 0 aliphatic heterocycles. The van der Waals surface area contributed by atoms with Gasteiger partial charge in [0.05, 0.1) is 11.3 Å². The zero-order valence-corrected chi connectivity index (χ0v) is 7.04. The summed E-state index contributed by atoms with van der Waals surface area (Å²) in [6.07, 6.45) is 1.85. The van der Waals surface area contributed by atoms with Gasteiger partial charge in [0.15, 0.2) is 0 Å². The Morgan fingerprint density at radius 2 is 1.73 bits per heavy atom. The number of anilines is 1. The maximum absolute atomic E-state index is 3.69. The molecule has 0 aromatic heterocycles. The van der Waals surface area contributed by atoms with Crippen LogP contribution in [0, 0.1) is 13.3 Å². The van der Waals surface area contributed by atoms with E-state index >= 15 is 0 Å². The van der Waals surface area contributed by atoms with Crippen molar-refractivity contribution >= 4 is 5.69 Å². The van der Waals surface area contributed by atoms with Crippen LogP contribution in [0.2, 0.25) is 0 Å². The highest BCUT2D eigenvalue weighted by molar-refractivity contribution is 5.47. The molecule has 0 spiro atoms. The van der Waals surface area contributed by atoms with Crippen LogP contribution in [0.15, 0.2) is 24.3 Å². The van der Waals surface area contributed by atoms with Gasteiger partial charge in [-0.3, -0.25) is 6.92 Å². The Labute approximate surface area is 68.7 Å². The lowest BCUT2D eigenvalue weighted by Gasteiger charge is -2.09. The molecule has 0 aliphatic carbocycles. The molecule has 0 fully saturated rings. The zero-order chi connectivity index (χ0) is 8.27. The summed E-state index contributed by atoms with van der Waals surface area (Å²) in [6.45, 7) is 3.69. The number of hydrogen-bond donors (Lipinski definition) is 0. The molecule has 0 bridgehead atoms. The van der Waals surface area contributed by atoms with Crippen LogP contribution in [0.3, 0.4) is 0 Å². The smallest absolute Gasteiger partial charge is 0.0972 e. The Hall–Kier alpha value is -1.11. The maximum Gasteiger partial charge on any atom is 0.0972 e. The number of rotatable bonds is 2. The molecule has 0 amide bonds. The zero-order valence-electron chi connectivity index (χ0n) is 7.04. The van der Waals surface area contributed by atoms with Gasteiger partial charge >= 0.3 is 0 Å². The van der Waals surface area contributed by atoms with Gasteiger partial charge in [-0.25, -0.2) is 0 Å². The minimum Gasteiger partial charge on any atom is -0.376 e. The summed E-state index contributed by atoms with van der Waals surface area (Å²) in [5.74, 6) is 0. The maximum atomic E-state index is 3.69. The molecule has 0 radical (unpaired) electrons. The molecule has 0 atom stereocenters. The Kier molecular flexibility index (Phi) is 2.42. The van der Waals surface area contributed by atoms with Crippen LogP contribution in [0.1, 0.15) is 5.56 Å². The fraction of sp³-hybridized carbons (Fsp3) is 0.200. The van der Waals surface area contributed by atoms with Crippen molar-refractivity contribution in [1.82, 2.24) is 0 Å². The summed E-state index contributed by atoms with van der Waals surface area (Å²) in [6, 6.07) is 8.28. The van der Waals surface area contributed by atoms with E-state index in [1.165, 1.54) is 5.69 Å². The first-order valence-electron chi connectivity index (χ1n) is 3.64. The first kappa shape index (κ1) is 7.99. The normalized spacial score (nSPS) is 9.36. The second-order valence-corrected chi connectivity index (χ2v) is 2.69. The van der Waals surface area contributed by atoms with E-state index in [0.717, 1.165) is 5.56 Å². The van der Waals surface area contributed by atoms with Crippen LogP contribution in [0.4, 0.5) is 5.69 Å². The predicted octanol–water partition coefficient (Wildman–Crippen LogP) is 2.14. The Morgan fingerprint density at radius 1 is 1.18 bits per heavy atom. The van der Waals surface area contributed by atoms with Gasteiger partial charge in [0.25, 0.3) is 0 Å². The first-order valence-corrected chi connectivity index (χ1v) is 3.64. The molecule has 0 heterocycles. The quantitative estimate of drug-likeness (QED) is 0.579. The number of hydrogen-bond acceptors (Lipinski definition) is 1. The van der Waals surface area contributed by atoms with Crippen LogP contribution in [-0.2, 0) is 0 Å². The summed E-state index contributed by atoms with van der Waals surface area (Å²) in [7, 11) is 4.06. The van der Waals surface area contributed by atoms with Gasteiger partial charge in [-0.1, -0.05) is 0 Å². The largest absolute Gasteiger partial charge is 0.376 e. The predicted molar refractivity (Wildman–Crippen MR) is 49.5 cm³/mol. The van der Waals surface area contributed by atoms with Gasteiger partial charge < -0.3 is 4.90 Å². The molecule has 1 heteroatoms. The molecule has 0 aliphatic rings. The van der Waals surface area contributed by atoms with E-state index in [1.807, 2.05) is 20.5 Å². The molecule has 1 nitrogen and oxygen atoms in total. The molecule has 0 N–H and O–H groups in total. The molecular weight excluding hydrogens is 134 g/mol. The second kappa shape index (κ2) is 3.33. The van der Waals surface area contributed by atoms with Crippen molar-refractivity contribution in [3.05, 3.63) is 43.2 Å². The van der Waals surface area contributed by atoms with Crippen LogP contribution < -0.4 is 4.90 Å². The van der Waals surface area contributed by atoms with Crippen LogP contribution in [0.5, 0.6) is 0 Å². The number of benzene rings is 1. The lowest BCUT2D eigenvalue weighted by Crippen LogP contribution is -2.07. The average molecular weight is 147 g/mol. The van der Waals surface area contributed by atoms with Crippen molar-refractivity contribution in [3.63, 3.8) is 0 Å². The van der Waals surface area contributed by atoms with Crippen molar-refractivity contribution in [2.45, 2.75) is 0 Å². The van der Waals surface area contributed by atoms with E-state index in [0.29, 0.717) is 0 Å². The van der Waals surface area contributed by atoms with Crippen molar-refractivity contribution in [2.75, 3.05) is 19.0 Å². The van der Waals surface area contributed by atoms with Gasteiger partial charge in [0.1, 0.15) is 0 Å². The second-order valence-electron chi connectivity index (χ2n) is 2.69. The summed E-state index contributed by atoms with van der Waals surface area (Å²) in [5, 5.41) is 0. The van der Waals surface area contributed by atoms with Gasteiger partial charge in [-0.05, 0) is 0 Å². The van der Waals surface area contributed by atoms with Gasteiger partial charge in [-0.2, -0.15) is 0 Å². The molecule has 1 aromatic carbocycles. The van der Waals surface area contributed by atoms with Crippen molar-refractivity contribution in [2.24, 2.45) is 0 Å². The SMILES string of the molecule is [CH2-][CH+]c1ccc(N(C)C)cc1. The average Bonchev–Trinajstić information content (AvgIpc) is 2.05. The summed E-state index contributed by atoms with van der Waals surface area (Å²) in [4.78, 5) is 2.08. The number of nitrogens with zero attached hydrogens (tertiary/aromatic N) is 1. The van der Waals surface area contributed by atoms with E-state index in [1.54, 1.807) is 0 Å². The van der Waals surface area contributed by atoms with Crippen LogP contribution in [0.25, 0.3) is 0 Å². The molecule has 0 saturated carbocycles. The van der Waals surface area contributed by atoms with E-state index in [-0.39, 0.29) is 0 Å². The van der Waals surface area contributed by atoms with Crippen molar-refractivity contribution in [1.29, 1.82) is 0 Å². The first-order chi connectivity index (χ1) is 5.24. The van der Waals surface area contributed by atoms with Gasteiger partial charge in [0.2, 0.25) is 0 Å². The Balaban J connectivity index is 2.83. The van der Waals surface area contributed by atoms with Crippen molar-refractivity contribution < 1.29 is 0 Å². The minimum absolute atomic E-state index is 1.16. The van der Waals surface area contributed by atoms with E-state index in [2.05, 4.69) is 36.1 Å². The van der Waals surface area contributed by atoms with E-state index < -0.39 is 0 Å². The fourth-order valence-electron chi connectivity index (χ4n) is 0.909. The third-order valence-electron chi connectivity index (χ3n) is 1.65. The highest BCUT2D eigenvalue weighted by Crippen LogP contribution is 2.12. The summed E-state index contributed by atoms with van der Waals surface area (Å²) >= 11 is 0. The topological polar surface area (TPSA) is 3.24 Å². The molecule has 11 heavy (non-hydrogen) atoms. The standard InChI is InChI=1S/C10H13N/c1-4-9-5-7-10(8-6-9)11(2)3/h4-8H,1H2,2-3H3. The third kappa shape index (κ3) is 1.90. The Bertz CT molecular complexity index is 211. The highest BCUT2D eigenvalue weighted by Gasteiger charge is 1.97. The molecule has 58 valence electrons. The monoisotopic (exact) mass is 147 g/mol. The summed E-state index contributed by atoms with van der Waals surface area (Å²) < 4.78 is 0. The highest BCUT2D eigenvalue weighted by atomic mass is 15.1. The third-order valence-corrected chi connectivity index (χ3v) is 1.65. The molecule has 0 unspecified atom stereocenters. The Morgan fingerprint density at radius 3 is 2.09 bits per heavy atom.